The lowest BCUT2D eigenvalue weighted by Gasteiger charge is -2.20. The van der Waals surface area contributed by atoms with Crippen LogP contribution in [0.2, 0.25) is 5.02 Å². The van der Waals surface area contributed by atoms with Gasteiger partial charge in [0.05, 0.1) is 5.69 Å². The quantitative estimate of drug-likeness (QED) is 0.935. The predicted molar refractivity (Wildman–Crippen MR) is 91.5 cm³/mol. The smallest absolute Gasteiger partial charge is 0.0725 e. The summed E-state index contributed by atoms with van der Waals surface area (Å²) in [5.41, 5.74) is 5.47. The minimum absolute atomic E-state index is 0.0919. The number of nitrogens with zero attached hydrogens (tertiary/aromatic N) is 2. The maximum Gasteiger partial charge on any atom is 0.0725 e. The first-order chi connectivity index (χ1) is 10.4. The Morgan fingerprint density at radius 1 is 1.23 bits per heavy atom. The van der Waals surface area contributed by atoms with Crippen LogP contribution in [0.3, 0.4) is 0 Å². The molecule has 0 spiro atoms. The number of aromatic nitrogens is 2. The average Bonchev–Trinajstić information content (AvgIpc) is 2.86. The van der Waals surface area contributed by atoms with E-state index in [-0.39, 0.29) is 5.41 Å². The van der Waals surface area contributed by atoms with Gasteiger partial charge in [0.15, 0.2) is 0 Å². The largest absolute Gasteiger partial charge is 0.312 e. The molecule has 0 atom stereocenters. The molecule has 0 bridgehead atoms. The maximum absolute atomic E-state index is 5.95. The molecule has 0 aliphatic carbocycles. The molecule has 3 rings (SSSR count). The number of aryl methyl sites for hydroxylation is 2. The van der Waals surface area contributed by atoms with Crippen molar-refractivity contribution in [3.8, 4) is 0 Å². The van der Waals surface area contributed by atoms with E-state index in [1.54, 1.807) is 0 Å². The Bertz CT molecular complexity index is 650. The first-order valence-corrected chi connectivity index (χ1v) is 8.37. The van der Waals surface area contributed by atoms with E-state index in [2.05, 4.69) is 42.9 Å². The monoisotopic (exact) mass is 317 g/mol. The zero-order chi connectivity index (χ0) is 15.7. The highest BCUT2D eigenvalue weighted by molar-refractivity contribution is 6.30. The van der Waals surface area contributed by atoms with Gasteiger partial charge in [-0.15, -0.1) is 0 Å². The molecular formula is C18H24ClN3. The van der Waals surface area contributed by atoms with Crippen LogP contribution in [0, 0.1) is 0 Å². The highest BCUT2D eigenvalue weighted by Gasteiger charge is 2.27. The fourth-order valence-corrected chi connectivity index (χ4v) is 3.22. The fourth-order valence-electron chi connectivity index (χ4n) is 3.09. The van der Waals surface area contributed by atoms with Gasteiger partial charge in [-0.3, -0.25) is 4.68 Å². The number of benzene rings is 1. The van der Waals surface area contributed by atoms with Crippen molar-refractivity contribution in [2.24, 2.45) is 0 Å². The van der Waals surface area contributed by atoms with Gasteiger partial charge in [-0.05, 0) is 24.1 Å². The summed E-state index contributed by atoms with van der Waals surface area (Å²) in [5.74, 6) is 0. The Morgan fingerprint density at radius 3 is 2.64 bits per heavy atom. The van der Waals surface area contributed by atoms with Crippen LogP contribution < -0.4 is 5.32 Å². The first-order valence-electron chi connectivity index (χ1n) is 7.99. The van der Waals surface area contributed by atoms with Gasteiger partial charge in [0, 0.05) is 47.8 Å². The molecular weight excluding hydrogens is 294 g/mol. The zero-order valence-corrected chi connectivity index (χ0v) is 14.4. The van der Waals surface area contributed by atoms with Crippen molar-refractivity contribution >= 4 is 11.6 Å². The zero-order valence-electron chi connectivity index (χ0n) is 13.6. The summed E-state index contributed by atoms with van der Waals surface area (Å²) in [6.07, 6.45) is 2.06. The Hall–Kier alpha value is -1.32. The molecule has 0 saturated carbocycles. The second kappa shape index (κ2) is 6.05. The molecule has 1 aromatic heterocycles. The van der Waals surface area contributed by atoms with Gasteiger partial charge in [-0.1, -0.05) is 44.5 Å². The summed E-state index contributed by atoms with van der Waals surface area (Å²) in [7, 11) is 0. The lowest BCUT2D eigenvalue weighted by atomic mass is 9.88. The maximum atomic E-state index is 5.95. The Morgan fingerprint density at radius 2 is 1.95 bits per heavy atom. The van der Waals surface area contributed by atoms with E-state index < -0.39 is 0 Å². The van der Waals surface area contributed by atoms with Gasteiger partial charge < -0.3 is 5.32 Å². The molecule has 3 nitrogen and oxygen atoms in total. The number of rotatable bonds is 3. The minimum atomic E-state index is 0.0919. The van der Waals surface area contributed by atoms with Gasteiger partial charge in [-0.25, -0.2) is 0 Å². The first kappa shape index (κ1) is 15.6. The van der Waals surface area contributed by atoms with E-state index in [4.69, 9.17) is 16.7 Å². The molecule has 0 radical (unpaired) electrons. The van der Waals surface area contributed by atoms with Crippen molar-refractivity contribution in [2.45, 2.75) is 52.1 Å². The molecule has 4 heteroatoms. The normalized spacial score (nSPS) is 14.9. The van der Waals surface area contributed by atoms with Crippen LogP contribution in [0.4, 0.5) is 0 Å². The van der Waals surface area contributed by atoms with E-state index in [1.165, 1.54) is 22.5 Å². The molecule has 2 aromatic rings. The molecule has 1 aliphatic rings. The van der Waals surface area contributed by atoms with Crippen molar-refractivity contribution < 1.29 is 0 Å². The third-order valence-corrected chi connectivity index (χ3v) is 4.49. The van der Waals surface area contributed by atoms with Crippen LogP contribution >= 0.6 is 11.6 Å². The van der Waals surface area contributed by atoms with Crippen LogP contribution in [0.5, 0.6) is 0 Å². The molecule has 1 aliphatic heterocycles. The molecule has 118 valence electrons. The summed E-state index contributed by atoms with van der Waals surface area (Å²) >= 11 is 5.95. The SMILES string of the molecule is CC(C)(C)c1nn(CCc2ccc(Cl)cc2)c2c1CNCC2. The van der Waals surface area contributed by atoms with Crippen molar-refractivity contribution in [1.82, 2.24) is 15.1 Å². The van der Waals surface area contributed by atoms with Gasteiger partial charge in [0.2, 0.25) is 0 Å². The molecule has 0 saturated heterocycles. The summed E-state index contributed by atoms with van der Waals surface area (Å²) in [4.78, 5) is 0. The lowest BCUT2D eigenvalue weighted by Crippen LogP contribution is -2.26. The van der Waals surface area contributed by atoms with Crippen LogP contribution in [0.25, 0.3) is 0 Å². The second-order valence-corrected chi connectivity index (χ2v) is 7.49. The number of nitrogens with one attached hydrogen (secondary N) is 1. The van der Waals surface area contributed by atoms with Gasteiger partial charge in [0.25, 0.3) is 0 Å². The van der Waals surface area contributed by atoms with Gasteiger partial charge >= 0.3 is 0 Å². The second-order valence-electron chi connectivity index (χ2n) is 7.05. The highest BCUT2D eigenvalue weighted by atomic mass is 35.5. The van der Waals surface area contributed by atoms with E-state index in [0.29, 0.717) is 0 Å². The Balaban J connectivity index is 1.84. The van der Waals surface area contributed by atoms with Crippen molar-refractivity contribution in [2.75, 3.05) is 6.54 Å². The summed E-state index contributed by atoms with van der Waals surface area (Å²) in [6, 6.07) is 8.12. The van der Waals surface area contributed by atoms with Crippen molar-refractivity contribution in [1.29, 1.82) is 0 Å². The summed E-state index contributed by atoms with van der Waals surface area (Å²) in [6.45, 7) is 9.65. The molecule has 2 heterocycles. The van der Waals surface area contributed by atoms with Crippen LogP contribution in [0.1, 0.15) is 43.3 Å². The van der Waals surface area contributed by atoms with E-state index in [9.17, 15) is 0 Å². The number of fused-ring (bicyclic) bond motifs is 1. The van der Waals surface area contributed by atoms with E-state index in [1.807, 2.05) is 12.1 Å². The van der Waals surface area contributed by atoms with Crippen LogP contribution in [0.15, 0.2) is 24.3 Å². The third-order valence-electron chi connectivity index (χ3n) is 4.24. The fraction of sp³-hybridized carbons (Fsp3) is 0.500. The molecule has 0 amide bonds. The van der Waals surface area contributed by atoms with Crippen LogP contribution in [-0.2, 0) is 31.3 Å². The number of halogens is 1. The average molecular weight is 318 g/mol. The van der Waals surface area contributed by atoms with Crippen LogP contribution in [-0.4, -0.2) is 16.3 Å². The lowest BCUT2D eigenvalue weighted by molar-refractivity contribution is 0.524. The number of hydrogen-bond acceptors (Lipinski definition) is 2. The summed E-state index contributed by atoms with van der Waals surface area (Å²) < 4.78 is 2.23. The molecule has 0 unspecified atom stereocenters. The minimum Gasteiger partial charge on any atom is -0.312 e. The highest BCUT2D eigenvalue weighted by Crippen LogP contribution is 2.29. The van der Waals surface area contributed by atoms with Gasteiger partial charge in [-0.2, -0.15) is 5.10 Å². The Kier molecular flexibility index (Phi) is 4.28. The van der Waals surface area contributed by atoms with E-state index >= 15 is 0 Å². The molecule has 1 N–H and O–H groups in total. The predicted octanol–water partition coefficient (Wildman–Crippen LogP) is 3.72. The van der Waals surface area contributed by atoms with E-state index in [0.717, 1.165) is 37.5 Å². The third kappa shape index (κ3) is 3.21. The summed E-state index contributed by atoms with van der Waals surface area (Å²) in [5, 5.41) is 9.22. The number of hydrogen-bond donors (Lipinski definition) is 1. The van der Waals surface area contributed by atoms with Gasteiger partial charge in [0.1, 0.15) is 0 Å². The van der Waals surface area contributed by atoms with Crippen molar-refractivity contribution in [3.63, 3.8) is 0 Å². The Labute approximate surface area is 137 Å². The standard InChI is InChI=1S/C18H24ClN3/c1-18(2,3)17-15-12-20-10-8-16(15)22(21-17)11-9-13-4-6-14(19)7-5-13/h4-7,20H,8-12H2,1-3H3. The molecule has 0 fully saturated rings. The van der Waals surface area contributed by atoms with Crippen molar-refractivity contribution in [3.05, 3.63) is 51.8 Å². The molecule has 1 aromatic carbocycles. The molecule has 22 heavy (non-hydrogen) atoms. The topological polar surface area (TPSA) is 29.9 Å².